The summed E-state index contributed by atoms with van der Waals surface area (Å²) in [7, 11) is 0. The topological polar surface area (TPSA) is 59.0 Å². The molecule has 0 saturated heterocycles. The van der Waals surface area contributed by atoms with E-state index in [-0.39, 0.29) is 27.6 Å². The predicted octanol–water partition coefficient (Wildman–Crippen LogP) is 23.5. The third-order valence-electron chi connectivity index (χ3n) is 18.7. The van der Waals surface area contributed by atoms with Crippen LogP contribution in [0.4, 0.5) is 11.4 Å². The molecule has 3 heterocycles. The van der Waals surface area contributed by atoms with Crippen LogP contribution in [-0.4, -0.2) is 20.9 Å². The monoisotopic (exact) mass is 1220 g/mol. The Morgan fingerprint density at radius 2 is 0.681 bits per heavy atom. The van der Waals surface area contributed by atoms with Crippen LogP contribution in [0.2, 0.25) is 0 Å². The summed E-state index contributed by atoms with van der Waals surface area (Å²) in [6.45, 7) is 27.4. The van der Waals surface area contributed by atoms with E-state index < -0.39 is 0 Å². The van der Waals surface area contributed by atoms with Crippen LogP contribution in [0.1, 0.15) is 133 Å². The molecule has 0 aliphatic heterocycles. The lowest BCUT2D eigenvalue weighted by Gasteiger charge is -2.26. The molecule has 9 aromatic carbocycles. The first-order valence-electron chi connectivity index (χ1n) is 33.3. The van der Waals surface area contributed by atoms with Crippen LogP contribution in [0, 0.1) is 0 Å². The largest absolute Gasteiger partial charge is 0.275 e. The number of para-hydroxylation sites is 1. The highest BCUT2D eigenvalue weighted by Gasteiger charge is 2.27. The van der Waals surface area contributed by atoms with Gasteiger partial charge in [0, 0.05) is 51.5 Å². The lowest BCUT2D eigenvalue weighted by atomic mass is 9.79. The molecule has 1 aliphatic rings. The van der Waals surface area contributed by atoms with Crippen molar-refractivity contribution in [2.45, 2.75) is 124 Å². The van der Waals surface area contributed by atoms with E-state index in [0.29, 0.717) is 11.3 Å². The SMILES string of the molecule is CC(C)(C)c1cc(-c2cccc(-c3ccc(-c4ccccc4-c4cc(C(=O)N(c5ccccc5)c5ccc(-c6ccc7c(c6)CCC7)nc5)cc(-c5ccccc5-c5ccc(-c6cccc(-c7cc(C(C)(C)C)cc(C(C)(C)C)c7)c6)nc5)c4)cn3)c2)cc(C(C)(C)C)c1. The van der Waals surface area contributed by atoms with Gasteiger partial charge in [-0.15, -0.1) is 0 Å². The maximum absolute atomic E-state index is 16.0. The van der Waals surface area contributed by atoms with E-state index in [4.69, 9.17) is 15.0 Å². The number of hydrogen-bond acceptors (Lipinski definition) is 4. The Morgan fingerprint density at radius 1 is 0.298 bits per heavy atom. The van der Waals surface area contributed by atoms with E-state index in [2.05, 4.69) is 277 Å². The highest BCUT2D eigenvalue weighted by Crippen LogP contribution is 2.43. The second-order valence-corrected chi connectivity index (χ2v) is 29.7. The number of carbonyl (C=O) groups is 1. The molecule has 0 saturated carbocycles. The lowest BCUT2D eigenvalue weighted by Crippen LogP contribution is -2.26. The van der Waals surface area contributed by atoms with Crippen LogP contribution in [0.3, 0.4) is 0 Å². The van der Waals surface area contributed by atoms with Crippen molar-refractivity contribution in [2.75, 3.05) is 4.90 Å². The van der Waals surface area contributed by atoms with Crippen LogP contribution < -0.4 is 4.90 Å². The highest BCUT2D eigenvalue weighted by atomic mass is 16.2. The normalized spacial score (nSPS) is 12.6. The molecule has 0 atom stereocenters. The Morgan fingerprint density at radius 3 is 1.11 bits per heavy atom. The number of amides is 1. The molecule has 0 N–H and O–H groups in total. The van der Waals surface area contributed by atoms with Crippen molar-refractivity contribution in [1.29, 1.82) is 0 Å². The second kappa shape index (κ2) is 25.1. The zero-order valence-corrected chi connectivity index (χ0v) is 56.6. The number of anilines is 2. The molecule has 1 aliphatic carbocycles. The number of hydrogen-bond donors (Lipinski definition) is 0. The third kappa shape index (κ3) is 13.3. The molecule has 0 radical (unpaired) electrons. The molecule has 5 nitrogen and oxygen atoms in total. The van der Waals surface area contributed by atoms with Gasteiger partial charge in [0.25, 0.3) is 5.91 Å². The van der Waals surface area contributed by atoms with Gasteiger partial charge in [0.15, 0.2) is 0 Å². The maximum Gasteiger partial charge on any atom is 0.262 e. The van der Waals surface area contributed by atoms with Crippen LogP contribution >= 0.6 is 0 Å². The molecule has 13 rings (SSSR count). The van der Waals surface area contributed by atoms with Crippen LogP contribution in [0.25, 0.3) is 101 Å². The van der Waals surface area contributed by atoms with E-state index in [0.717, 1.165) is 108 Å². The minimum atomic E-state index is -0.183. The number of fused-ring (bicyclic) bond motifs is 1. The van der Waals surface area contributed by atoms with Crippen molar-refractivity contribution in [1.82, 2.24) is 15.0 Å². The van der Waals surface area contributed by atoms with Gasteiger partial charge in [-0.25, -0.2) is 0 Å². The molecule has 3 aromatic heterocycles. The van der Waals surface area contributed by atoms with Crippen molar-refractivity contribution in [3.8, 4) is 101 Å². The summed E-state index contributed by atoms with van der Waals surface area (Å²) in [6, 6.07) is 84.2. The van der Waals surface area contributed by atoms with Gasteiger partial charge in [0.05, 0.1) is 29.0 Å². The Balaban J connectivity index is 0.892. The predicted molar refractivity (Wildman–Crippen MR) is 395 cm³/mol. The Bertz CT molecular complexity index is 4490. The second-order valence-electron chi connectivity index (χ2n) is 29.7. The molecule has 94 heavy (non-hydrogen) atoms. The third-order valence-corrected chi connectivity index (χ3v) is 18.7. The average molecular weight is 1230 g/mol. The molecular formula is C89H84N4O. The summed E-state index contributed by atoms with van der Waals surface area (Å²) in [5, 5.41) is 0. The Hall–Kier alpha value is -10.1. The molecule has 0 spiro atoms. The van der Waals surface area contributed by atoms with Crippen LogP contribution in [0.5, 0.6) is 0 Å². The van der Waals surface area contributed by atoms with E-state index in [1.807, 2.05) is 61.1 Å². The molecule has 466 valence electrons. The van der Waals surface area contributed by atoms with E-state index in [1.54, 1.807) is 4.90 Å². The quantitative estimate of drug-likeness (QED) is 0.122. The van der Waals surface area contributed by atoms with E-state index in [9.17, 15) is 0 Å². The first-order chi connectivity index (χ1) is 45.0. The number of pyridine rings is 3. The molecule has 5 heteroatoms. The summed E-state index contributed by atoms with van der Waals surface area (Å²) in [5.41, 5.74) is 28.3. The highest BCUT2D eigenvalue weighted by molar-refractivity contribution is 6.12. The van der Waals surface area contributed by atoms with E-state index >= 15 is 4.79 Å². The van der Waals surface area contributed by atoms with Gasteiger partial charge in [-0.05, 0) is 203 Å². The molecular weight excluding hydrogens is 1140 g/mol. The number of rotatable bonds is 12. The molecule has 0 unspecified atom stereocenters. The molecule has 1 amide bonds. The van der Waals surface area contributed by atoms with Gasteiger partial charge in [-0.1, -0.05) is 247 Å². The minimum absolute atomic E-state index is 0.00125. The van der Waals surface area contributed by atoms with Gasteiger partial charge >= 0.3 is 0 Å². The van der Waals surface area contributed by atoms with Crippen molar-refractivity contribution < 1.29 is 4.79 Å². The van der Waals surface area contributed by atoms with Gasteiger partial charge in [-0.3, -0.25) is 24.6 Å². The number of nitrogens with zero attached hydrogens (tertiary/aromatic N) is 4. The van der Waals surface area contributed by atoms with Gasteiger partial charge < -0.3 is 0 Å². The summed E-state index contributed by atoms with van der Waals surface area (Å²) in [5.74, 6) is -0.183. The van der Waals surface area contributed by atoms with Gasteiger partial charge in [0.1, 0.15) is 0 Å². The standard InChI is InChI=1S/C89H84N4O/c1-86(2,3)72-49-67(50-73(53-72)87(4,5)6)60-25-21-27-62(44-60)82-40-37-65(55-90-82)78-31-16-18-33-80(78)69-46-70(48-71(47-69)85(94)93(76-29-14-13-15-30-76)77-39-42-84(92-57-77)64-36-35-58-23-20-24-59(58)43-64)81-34-19-17-32-79(81)66-38-41-83(91-56-66)63-28-22-26-61(45-63)68-51-74(88(7,8)9)54-75(52-68)89(10,11)12/h13-19,21-22,25-57H,20,23-24H2,1-12H3. The smallest absolute Gasteiger partial charge is 0.262 e. The van der Waals surface area contributed by atoms with Gasteiger partial charge in [-0.2, -0.15) is 0 Å². The first-order valence-corrected chi connectivity index (χ1v) is 33.3. The Labute approximate surface area is 557 Å². The van der Waals surface area contributed by atoms with Crippen molar-refractivity contribution in [3.63, 3.8) is 0 Å². The number of aryl methyl sites for hydroxylation is 2. The van der Waals surface area contributed by atoms with Crippen molar-refractivity contribution in [3.05, 3.63) is 294 Å². The van der Waals surface area contributed by atoms with Crippen molar-refractivity contribution >= 4 is 17.3 Å². The lowest BCUT2D eigenvalue weighted by molar-refractivity contribution is 0.0999. The first kappa shape index (κ1) is 62.7. The fourth-order valence-electron chi connectivity index (χ4n) is 13.0. The Kier molecular flexibility index (Phi) is 16.7. The number of benzene rings is 9. The molecule has 0 fully saturated rings. The number of aromatic nitrogens is 3. The van der Waals surface area contributed by atoms with Crippen LogP contribution in [0.15, 0.2) is 255 Å². The van der Waals surface area contributed by atoms with Gasteiger partial charge in [0.2, 0.25) is 0 Å². The fourth-order valence-corrected chi connectivity index (χ4v) is 13.0. The molecule has 0 bridgehead atoms. The average Bonchev–Trinajstić information content (AvgIpc) is 0.899. The summed E-state index contributed by atoms with van der Waals surface area (Å²) < 4.78 is 0. The summed E-state index contributed by atoms with van der Waals surface area (Å²) in [4.78, 5) is 33.2. The van der Waals surface area contributed by atoms with Crippen LogP contribution in [-0.2, 0) is 34.5 Å². The zero-order valence-electron chi connectivity index (χ0n) is 56.6. The summed E-state index contributed by atoms with van der Waals surface area (Å²) >= 11 is 0. The number of carbonyl (C=O) groups excluding carboxylic acids is 1. The zero-order chi connectivity index (χ0) is 65.7. The molecule has 12 aromatic rings. The maximum atomic E-state index is 16.0. The van der Waals surface area contributed by atoms with Crippen molar-refractivity contribution in [2.24, 2.45) is 0 Å². The minimum Gasteiger partial charge on any atom is -0.275 e. The fraction of sp³-hybridized carbons (Fsp3) is 0.213. The van der Waals surface area contributed by atoms with E-state index in [1.165, 1.54) is 50.9 Å². The summed E-state index contributed by atoms with van der Waals surface area (Å²) in [6.07, 6.45) is 9.20.